The lowest BCUT2D eigenvalue weighted by atomic mass is 9.89. The largest absolute Gasteiger partial charge is 0.493 e. The molecule has 37 heavy (non-hydrogen) atoms. The first kappa shape index (κ1) is 27.0. The van der Waals surface area contributed by atoms with Gasteiger partial charge in [0.2, 0.25) is 0 Å². The molecule has 4 rings (SSSR count). The van der Waals surface area contributed by atoms with E-state index in [1.807, 2.05) is 35.2 Å². The molecule has 0 radical (unpaired) electrons. The Hall–Kier alpha value is -3.06. The molecule has 3 aromatic rings. The zero-order valence-electron chi connectivity index (χ0n) is 21.5. The molecule has 0 spiro atoms. The second-order valence-corrected chi connectivity index (χ2v) is 9.76. The Labute approximate surface area is 224 Å². The van der Waals surface area contributed by atoms with E-state index in [9.17, 15) is 4.79 Å². The lowest BCUT2D eigenvalue weighted by Crippen LogP contribution is -2.38. The number of amides is 1. The maximum Gasteiger partial charge on any atom is 0.258 e. The smallest absolute Gasteiger partial charge is 0.258 e. The highest BCUT2D eigenvalue weighted by Gasteiger charge is 2.31. The predicted molar refractivity (Wildman–Crippen MR) is 148 cm³/mol. The van der Waals surface area contributed by atoms with Gasteiger partial charge < -0.3 is 24.4 Å². The lowest BCUT2D eigenvalue weighted by Gasteiger charge is -2.29. The van der Waals surface area contributed by atoms with Gasteiger partial charge in [-0.1, -0.05) is 41.9 Å². The standard InChI is InChI=1S/C30H35ClN2O4/c1-35-15-6-16-37-29-18-23(9-14-28(29)36-2)30(34)33(27-12-10-26(31)11-13-27)21-25-20-32-19-24(25)17-22-7-4-3-5-8-22/h3-5,7-14,18,24-25,32H,6,15-17,19-21H2,1-2H3/t24-,25+/m0/s1. The minimum atomic E-state index is -0.0860. The molecule has 1 saturated heterocycles. The Morgan fingerprint density at radius 3 is 2.43 bits per heavy atom. The number of carbonyl (C=O) groups excluding carboxylic acids is 1. The van der Waals surface area contributed by atoms with Crippen molar-refractivity contribution in [1.82, 2.24) is 5.32 Å². The van der Waals surface area contributed by atoms with Crippen molar-refractivity contribution in [2.45, 2.75) is 12.8 Å². The summed E-state index contributed by atoms with van der Waals surface area (Å²) in [6.07, 6.45) is 1.72. The second-order valence-electron chi connectivity index (χ2n) is 9.32. The van der Waals surface area contributed by atoms with E-state index in [-0.39, 0.29) is 5.91 Å². The highest BCUT2D eigenvalue weighted by molar-refractivity contribution is 6.30. The second kappa shape index (κ2) is 13.5. The number of nitrogens with zero attached hydrogens (tertiary/aromatic N) is 1. The summed E-state index contributed by atoms with van der Waals surface area (Å²) in [7, 11) is 3.26. The van der Waals surface area contributed by atoms with Crippen LogP contribution in [0.3, 0.4) is 0 Å². The summed E-state index contributed by atoms with van der Waals surface area (Å²) in [6.45, 7) is 3.47. The molecule has 196 valence electrons. The Balaban J connectivity index is 1.57. The minimum Gasteiger partial charge on any atom is -0.493 e. The van der Waals surface area contributed by atoms with E-state index in [0.29, 0.717) is 53.7 Å². The molecule has 0 unspecified atom stereocenters. The van der Waals surface area contributed by atoms with Crippen LogP contribution in [-0.2, 0) is 11.2 Å². The molecule has 1 heterocycles. The molecular weight excluding hydrogens is 488 g/mol. The number of halogens is 1. The number of hydrogen-bond acceptors (Lipinski definition) is 5. The topological polar surface area (TPSA) is 60.0 Å². The number of rotatable bonds is 12. The van der Waals surface area contributed by atoms with Gasteiger partial charge in [-0.15, -0.1) is 0 Å². The molecule has 0 aromatic heterocycles. The van der Waals surface area contributed by atoms with E-state index in [0.717, 1.165) is 31.6 Å². The third-order valence-electron chi connectivity index (χ3n) is 6.78. The van der Waals surface area contributed by atoms with Gasteiger partial charge in [0.25, 0.3) is 5.91 Å². The highest BCUT2D eigenvalue weighted by atomic mass is 35.5. The van der Waals surface area contributed by atoms with Gasteiger partial charge in [0.1, 0.15) is 0 Å². The van der Waals surface area contributed by atoms with Gasteiger partial charge in [0, 0.05) is 43.0 Å². The van der Waals surface area contributed by atoms with Crippen molar-refractivity contribution >= 4 is 23.2 Å². The summed E-state index contributed by atoms with van der Waals surface area (Å²) >= 11 is 6.17. The number of anilines is 1. The quantitative estimate of drug-likeness (QED) is 0.319. The molecule has 1 fully saturated rings. The van der Waals surface area contributed by atoms with Crippen molar-refractivity contribution in [2.75, 3.05) is 52.0 Å². The molecule has 6 nitrogen and oxygen atoms in total. The fourth-order valence-corrected chi connectivity index (χ4v) is 4.91. The van der Waals surface area contributed by atoms with E-state index >= 15 is 0 Å². The van der Waals surface area contributed by atoms with Crippen molar-refractivity contribution in [2.24, 2.45) is 11.8 Å². The molecule has 0 aliphatic carbocycles. The molecule has 2 atom stereocenters. The number of nitrogens with one attached hydrogen (secondary N) is 1. The number of hydrogen-bond donors (Lipinski definition) is 1. The molecule has 1 amide bonds. The Kier molecular flexibility index (Phi) is 9.83. The highest BCUT2D eigenvalue weighted by Crippen LogP contribution is 2.31. The van der Waals surface area contributed by atoms with Gasteiger partial charge in [0.05, 0.1) is 13.7 Å². The van der Waals surface area contributed by atoms with Crippen molar-refractivity contribution in [3.8, 4) is 11.5 Å². The van der Waals surface area contributed by atoms with Gasteiger partial charge >= 0.3 is 0 Å². The zero-order chi connectivity index (χ0) is 26.0. The van der Waals surface area contributed by atoms with Crippen molar-refractivity contribution < 1.29 is 19.0 Å². The molecule has 0 bridgehead atoms. The summed E-state index contributed by atoms with van der Waals surface area (Å²) in [5.74, 6) is 1.79. The van der Waals surface area contributed by atoms with Gasteiger partial charge in [-0.3, -0.25) is 4.79 Å². The van der Waals surface area contributed by atoms with Crippen LogP contribution in [0.5, 0.6) is 11.5 Å². The average molecular weight is 523 g/mol. The van der Waals surface area contributed by atoms with E-state index < -0.39 is 0 Å². The maximum absolute atomic E-state index is 14.0. The summed E-state index contributed by atoms with van der Waals surface area (Å²) in [4.78, 5) is 15.8. The van der Waals surface area contributed by atoms with Crippen LogP contribution in [0.25, 0.3) is 0 Å². The molecule has 0 saturated carbocycles. The van der Waals surface area contributed by atoms with E-state index in [1.165, 1.54) is 5.56 Å². The number of carbonyl (C=O) groups is 1. The average Bonchev–Trinajstić information content (AvgIpc) is 3.36. The number of ether oxygens (including phenoxy) is 3. The van der Waals surface area contributed by atoms with Crippen LogP contribution in [0.15, 0.2) is 72.8 Å². The fraction of sp³-hybridized carbons (Fsp3) is 0.367. The zero-order valence-corrected chi connectivity index (χ0v) is 22.2. The molecular formula is C30H35ClN2O4. The Morgan fingerprint density at radius 1 is 0.946 bits per heavy atom. The molecule has 1 N–H and O–H groups in total. The molecule has 1 aliphatic heterocycles. The van der Waals surface area contributed by atoms with E-state index in [4.69, 9.17) is 25.8 Å². The van der Waals surface area contributed by atoms with Crippen molar-refractivity contribution in [1.29, 1.82) is 0 Å². The molecule has 3 aromatic carbocycles. The first-order chi connectivity index (χ1) is 18.1. The summed E-state index contributed by atoms with van der Waals surface area (Å²) < 4.78 is 16.5. The SMILES string of the molecule is COCCCOc1cc(C(=O)N(C[C@H]2CNC[C@@H]2Cc2ccccc2)c2ccc(Cl)cc2)ccc1OC. The summed E-state index contributed by atoms with van der Waals surface area (Å²) in [5.41, 5.74) is 2.68. The molecule has 1 aliphatic rings. The lowest BCUT2D eigenvalue weighted by molar-refractivity contribution is 0.0980. The van der Waals surface area contributed by atoms with Crippen LogP contribution in [-0.4, -0.2) is 53.0 Å². The number of methoxy groups -OCH3 is 2. The predicted octanol–water partition coefficient (Wildman–Crippen LogP) is 5.49. The van der Waals surface area contributed by atoms with Crippen LogP contribution >= 0.6 is 11.6 Å². The molecule has 7 heteroatoms. The first-order valence-electron chi connectivity index (χ1n) is 12.7. The third-order valence-corrected chi connectivity index (χ3v) is 7.03. The third kappa shape index (κ3) is 7.25. The van der Waals surface area contributed by atoms with Gasteiger partial charge in [-0.2, -0.15) is 0 Å². The Morgan fingerprint density at radius 2 is 1.70 bits per heavy atom. The van der Waals surface area contributed by atoms with Crippen LogP contribution < -0.4 is 19.7 Å². The van der Waals surface area contributed by atoms with E-state index in [2.05, 4.69) is 29.6 Å². The fourth-order valence-electron chi connectivity index (χ4n) is 4.78. The van der Waals surface area contributed by atoms with Crippen LogP contribution in [0.1, 0.15) is 22.3 Å². The van der Waals surface area contributed by atoms with Gasteiger partial charge in [-0.05, 0) is 79.4 Å². The number of benzene rings is 3. The van der Waals surface area contributed by atoms with Crippen LogP contribution in [0, 0.1) is 11.8 Å². The monoisotopic (exact) mass is 522 g/mol. The van der Waals surface area contributed by atoms with Crippen molar-refractivity contribution in [3.05, 3.63) is 88.9 Å². The summed E-state index contributed by atoms with van der Waals surface area (Å²) in [5, 5.41) is 4.18. The van der Waals surface area contributed by atoms with Gasteiger partial charge in [-0.25, -0.2) is 0 Å². The van der Waals surface area contributed by atoms with Crippen LogP contribution in [0.2, 0.25) is 5.02 Å². The summed E-state index contributed by atoms with van der Waals surface area (Å²) in [6, 6.07) is 23.3. The Bertz CT molecular complexity index is 1140. The minimum absolute atomic E-state index is 0.0860. The van der Waals surface area contributed by atoms with Gasteiger partial charge in [0.15, 0.2) is 11.5 Å². The first-order valence-corrected chi connectivity index (χ1v) is 13.1. The van der Waals surface area contributed by atoms with Crippen molar-refractivity contribution in [3.63, 3.8) is 0 Å². The maximum atomic E-state index is 14.0. The normalized spacial score (nSPS) is 16.9. The van der Waals surface area contributed by atoms with E-state index in [1.54, 1.807) is 32.4 Å². The van der Waals surface area contributed by atoms with Crippen LogP contribution in [0.4, 0.5) is 5.69 Å².